The van der Waals surface area contributed by atoms with Crippen molar-refractivity contribution in [3.8, 4) is 5.75 Å². The number of hydrogen-bond acceptors (Lipinski definition) is 6. The molecule has 0 radical (unpaired) electrons. The Morgan fingerprint density at radius 3 is 2.72 bits per heavy atom. The van der Waals surface area contributed by atoms with E-state index in [1.54, 1.807) is 6.07 Å². The second-order valence-electron chi connectivity index (χ2n) is 6.97. The molecule has 0 bridgehead atoms. The first-order valence-corrected chi connectivity index (χ1v) is 9.68. The summed E-state index contributed by atoms with van der Waals surface area (Å²) in [6, 6.07) is 3.48. The summed E-state index contributed by atoms with van der Waals surface area (Å²) in [6.45, 7) is 2.32. The van der Waals surface area contributed by atoms with Gasteiger partial charge in [-0.1, -0.05) is 25.8 Å². The number of rotatable bonds is 8. The minimum absolute atomic E-state index is 0.0287. The van der Waals surface area contributed by atoms with Gasteiger partial charge in [0, 0.05) is 13.0 Å². The van der Waals surface area contributed by atoms with Crippen LogP contribution in [-0.4, -0.2) is 53.6 Å². The molecule has 0 spiro atoms. The molecule has 0 aromatic heterocycles. The number of ether oxygens (including phenoxy) is 1. The number of benzene rings is 1. The Hall–Kier alpha value is -3.23. The molecule has 2 aliphatic rings. The van der Waals surface area contributed by atoms with Crippen LogP contribution in [-0.2, 0) is 14.4 Å². The first-order chi connectivity index (χ1) is 13.9. The van der Waals surface area contributed by atoms with Gasteiger partial charge in [-0.2, -0.15) is 0 Å². The van der Waals surface area contributed by atoms with E-state index >= 15 is 0 Å². The van der Waals surface area contributed by atoms with E-state index in [2.05, 4.69) is 17.6 Å². The minimum atomic E-state index is -1.05. The van der Waals surface area contributed by atoms with Crippen LogP contribution in [0.1, 0.15) is 59.7 Å². The molecule has 9 heteroatoms. The fourth-order valence-corrected chi connectivity index (χ4v) is 3.40. The summed E-state index contributed by atoms with van der Waals surface area (Å²) in [4.78, 5) is 61.9. The van der Waals surface area contributed by atoms with E-state index in [0.717, 1.165) is 24.2 Å². The van der Waals surface area contributed by atoms with Crippen LogP contribution >= 0.6 is 0 Å². The maximum absolute atomic E-state index is 12.9. The molecular weight excluding hydrogens is 378 g/mol. The number of nitrogens with one attached hydrogen (secondary N) is 2. The molecular formula is C20H23N3O6. The van der Waals surface area contributed by atoms with Gasteiger partial charge in [0.15, 0.2) is 6.61 Å². The Morgan fingerprint density at radius 2 is 2.00 bits per heavy atom. The highest BCUT2D eigenvalue weighted by atomic mass is 16.5. The molecule has 0 aliphatic carbocycles. The molecule has 9 nitrogen and oxygen atoms in total. The molecule has 2 heterocycles. The molecule has 1 unspecified atom stereocenters. The molecule has 1 atom stereocenters. The monoisotopic (exact) mass is 401 g/mol. The summed E-state index contributed by atoms with van der Waals surface area (Å²) in [5, 5.41) is 4.88. The zero-order valence-corrected chi connectivity index (χ0v) is 16.2. The lowest BCUT2D eigenvalue weighted by Gasteiger charge is -2.27. The van der Waals surface area contributed by atoms with Crippen molar-refractivity contribution in [2.75, 3.05) is 13.2 Å². The maximum Gasteiger partial charge on any atom is 0.266 e. The lowest BCUT2D eigenvalue weighted by Crippen LogP contribution is -2.54. The topological polar surface area (TPSA) is 122 Å². The standard InChI is InChI=1S/C20H23N3O6/c1-2-3-4-10-21-16(25)11-29-14-7-5-6-12-17(14)20(28)23(19(12)27)13-8-9-15(24)22-18(13)26/h5-7,13H,2-4,8-11H2,1H3,(H,21,25)(H,22,24,26). The van der Waals surface area contributed by atoms with Gasteiger partial charge < -0.3 is 10.1 Å². The molecule has 1 fully saturated rings. The van der Waals surface area contributed by atoms with Gasteiger partial charge in [0.25, 0.3) is 17.7 Å². The minimum Gasteiger partial charge on any atom is -0.483 e. The number of carbonyl (C=O) groups excluding carboxylic acids is 5. The highest BCUT2D eigenvalue weighted by molar-refractivity contribution is 6.24. The highest BCUT2D eigenvalue weighted by Crippen LogP contribution is 2.33. The third-order valence-corrected chi connectivity index (χ3v) is 4.89. The highest BCUT2D eigenvalue weighted by Gasteiger charge is 2.46. The molecule has 3 rings (SSSR count). The fraction of sp³-hybridized carbons (Fsp3) is 0.450. The zero-order valence-electron chi connectivity index (χ0n) is 16.2. The first kappa shape index (κ1) is 20.5. The van der Waals surface area contributed by atoms with Gasteiger partial charge in [0.05, 0.1) is 11.1 Å². The Kier molecular flexibility index (Phi) is 6.26. The van der Waals surface area contributed by atoms with E-state index < -0.39 is 29.7 Å². The summed E-state index contributed by atoms with van der Waals surface area (Å²) in [6.07, 6.45) is 3.05. The van der Waals surface area contributed by atoms with Crippen molar-refractivity contribution in [3.63, 3.8) is 0 Å². The smallest absolute Gasteiger partial charge is 0.266 e. The van der Waals surface area contributed by atoms with Crippen molar-refractivity contribution in [1.82, 2.24) is 15.5 Å². The zero-order chi connectivity index (χ0) is 21.0. The van der Waals surface area contributed by atoms with Gasteiger partial charge in [-0.15, -0.1) is 0 Å². The van der Waals surface area contributed by atoms with Crippen LogP contribution in [0.15, 0.2) is 18.2 Å². The third-order valence-electron chi connectivity index (χ3n) is 4.89. The summed E-state index contributed by atoms with van der Waals surface area (Å²) in [7, 11) is 0. The van der Waals surface area contributed by atoms with Crippen molar-refractivity contribution in [2.24, 2.45) is 0 Å². The molecule has 1 aromatic rings. The van der Waals surface area contributed by atoms with Crippen LogP contribution in [0.5, 0.6) is 5.75 Å². The number of nitrogens with zero attached hydrogens (tertiary/aromatic N) is 1. The second kappa shape index (κ2) is 8.85. The lowest BCUT2D eigenvalue weighted by molar-refractivity contribution is -0.136. The van der Waals surface area contributed by atoms with Crippen molar-refractivity contribution >= 4 is 29.5 Å². The maximum atomic E-state index is 12.9. The van der Waals surface area contributed by atoms with Gasteiger partial charge in [0.1, 0.15) is 11.8 Å². The fourth-order valence-electron chi connectivity index (χ4n) is 3.40. The largest absolute Gasteiger partial charge is 0.483 e. The van der Waals surface area contributed by atoms with Crippen LogP contribution in [0.4, 0.5) is 0 Å². The SMILES string of the molecule is CCCCCNC(=O)COc1cccc2c1C(=O)N(C1CCC(=O)NC1=O)C2=O. The molecule has 154 valence electrons. The lowest BCUT2D eigenvalue weighted by atomic mass is 10.0. The average molecular weight is 401 g/mol. The van der Waals surface area contributed by atoms with E-state index in [4.69, 9.17) is 4.74 Å². The number of fused-ring (bicyclic) bond motifs is 1. The predicted molar refractivity (Wildman–Crippen MR) is 101 cm³/mol. The molecule has 1 aromatic carbocycles. The second-order valence-corrected chi connectivity index (χ2v) is 6.97. The number of unbranched alkanes of at least 4 members (excludes halogenated alkanes) is 2. The molecule has 0 saturated carbocycles. The summed E-state index contributed by atoms with van der Waals surface area (Å²) in [5.74, 6) is -2.61. The first-order valence-electron chi connectivity index (χ1n) is 9.68. The Balaban J connectivity index is 1.71. The van der Waals surface area contributed by atoms with Gasteiger partial charge in [0.2, 0.25) is 11.8 Å². The number of piperidine rings is 1. The molecule has 2 N–H and O–H groups in total. The normalized spacial score (nSPS) is 18.5. The van der Waals surface area contributed by atoms with Gasteiger partial charge in [-0.3, -0.25) is 34.2 Å². The predicted octanol–water partition coefficient (Wildman–Crippen LogP) is 0.773. The average Bonchev–Trinajstić information content (AvgIpc) is 2.95. The van der Waals surface area contributed by atoms with Gasteiger partial charge in [-0.25, -0.2) is 0 Å². The van der Waals surface area contributed by atoms with Crippen LogP contribution in [0.3, 0.4) is 0 Å². The Labute approximate surface area is 167 Å². The Bertz CT molecular complexity index is 866. The van der Waals surface area contributed by atoms with Crippen LogP contribution < -0.4 is 15.4 Å². The van der Waals surface area contributed by atoms with E-state index in [9.17, 15) is 24.0 Å². The third kappa shape index (κ3) is 4.28. The van der Waals surface area contributed by atoms with Crippen LogP contribution in [0, 0.1) is 0 Å². The van der Waals surface area contributed by atoms with E-state index in [0.29, 0.717) is 6.54 Å². The Morgan fingerprint density at radius 1 is 1.21 bits per heavy atom. The summed E-state index contributed by atoms with van der Waals surface area (Å²) in [5.41, 5.74) is 0.140. The summed E-state index contributed by atoms with van der Waals surface area (Å²) >= 11 is 0. The quantitative estimate of drug-likeness (QED) is 0.490. The van der Waals surface area contributed by atoms with E-state index in [1.165, 1.54) is 12.1 Å². The van der Waals surface area contributed by atoms with Crippen molar-refractivity contribution in [2.45, 2.75) is 45.1 Å². The van der Waals surface area contributed by atoms with Crippen molar-refractivity contribution < 1.29 is 28.7 Å². The number of carbonyl (C=O) groups is 5. The summed E-state index contributed by atoms with van der Waals surface area (Å²) < 4.78 is 5.50. The van der Waals surface area contributed by atoms with Crippen molar-refractivity contribution in [1.29, 1.82) is 0 Å². The number of imide groups is 2. The van der Waals surface area contributed by atoms with E-state index in [-0.39, 0.29) is 42.2 Å². The molecule has 2 aliphatic heterocycles. The van der Waals surface area contributed by atoms with Crippen molar-refractivity contribution in [3.05, 3.63) is 29.3 Å². The number of amides is 5. The molecule has 1 saturated heterocycles. The van der Waals surface area contributed by atoms with E-state index in [1.807, 2.05) is 0 Å². The number of hydrogen-bond donors (Lipinski definition) is 2. The molecule has 5 amide bonds. The molecule has 29 heavy (non-hydrogen) atoms. The van der Waals surface area contributed by atoms with Crippen LogP contribution in [0.2, 0.25) is 0 Å². The van der Waals surface area contributed by atoms with Gasteiger partial charge >= 0.3 is 0 Å². The van der Waals surface area contributed by atoms with Gasteiger partial charge in [-0.05, 0) is 25.0 Å². The van der Waals surface area contributed by atoms with Crippen LogP contribution in [0.25, 0.3) is 0 Å².